The van der Waals surface area contributed by atoms with Gasteiger partial charge in [-0.3, -0.25) is 0 Å². The number of anilines is 1. The van der Waals surface area contributed by atoms with Gasteiger partial charge in [-0.2, -0.15) is 0 Å². The van der Waals surface area contributed by atoms with Crippen LogP contribution in [0.2, 0.25) is 0 Å². The average molecular weight is 320 g/mol. The molecule has 2 N–H and O–H groups in total. The van der Waals surface area contributed by atoms with Gasteiger partial charge in [0.15, 0.2) is 0 Å². The number of methoxy groups -OCH3 is 1. The zero-order chi connectivity index (χ0) is 17.4. The lowest BCUT2D eigenvalue weighted by molar-refractivity contribution is -0.143. The molecule has 5 nitrogen and oxygen atoms in total. The van der Waals surface area contributed by atoms with Gasteiger partial charge in [0.05, 0.1) is 7.11 Å². The zero-order valence-electron chi connectivity index (χ0n) is 14.7. The van der Waals surface area contributed by atoms with Crippen molar-refractivity contribution in [1.29, 1.82) is 0 Å². The minimum Gasteiger partial charge on any atom is -0.467 e. The number of amides is 2. The summed E-state index contributed by atoms with van der Waals surface area (Å²) in [4.78, 5) is 23.8. The molecule has 0 heterocycles. The number of benzene rings is 1. The highest BCUT2D eigenvalue weighted by atomic mass is 16.5. The monoisotopic (exact) mass is 320 g/mol. The summed E-state index contributed by atoms with van der Waals surface area (Å²) in [6, 6.07) is 4.95. The number of hydrogen-bond acceptors (Lipinski definition) is 3. The molecule has 0 saturated carbocycles. The number of carbonyl (C=O) groups excluding carboxylic acids is 2. The Labute approximate surface area is 138 Å². The SMILES string of the molecule is CCCCc1ccc(NC(=O)NC(C(=O)OC)C(C)C)c(C)c1. The van der Waals surface area contributed by atoms with Gasteiger partial charge in [0.1, 0.15) is 6.04 Å². The molecule has 128 valence electrons. The van der Waals surface area contributed by atoms with E-state index in [-0.39, 0.29) is 5.92 Å². The highest BCUT2D eigenvalue weighted by molar-refractivity contribution is 5.93. The molecule has 0 aliphatic rings. The van der Waals surface area contributed by atoms with E-state index < -0.39 is 18.0 Å². The van der Waals surface area contributed by atoms with Crippen LogP contribution in [0, 0.1) is 12.8 Å². The van der Waals surface area contributed by atoms with Crippen molar-refractivity contribution in [3.05, 3.63) is 29.3 Å². The standard InChI is InChI=1S/C18H28N2O3/c1-6-7-8-14-9-10-15(13(4)11-14)19-18(22)20-16(12(2)3)17(21)23-5/h9-12,16H,6-8H2,1-5H3,(H2,19,20,22). The number of hydrogen-bond donors (Lipinski definition) is 2. The van der Waals surface area contributed by atoms with Gasteiger partial charge in [-0.1, -0.05) is 39.3 Å². The molecule has 0 aromatic heterocycles. The van der Waals surface area contributed by atoms with Crippen molar-refractivity contribution in [3.8, 4) is 0 Å². The van der Waals surface area contributed by atoms with Crippen LogP contribution in [-0.2, 0) is 16.0 Å². The molecular weight excluding hydrogens is 292 g/mol. The van der Waals surface area contributed by atoms with Gasteiger partial charge in [0, 0.05) is 5.69 Å². The van der Waals surface area contributed by atoms with Crippen molar-refractivity contribution in [2.75, 3.05) is 12.4 Å². The summed E-state index contributed by atoms with van der Waals surface area (Å²) in [6.45, 7) is 7.84. The number of nitrogens with one attached hydrogen (secondary N) is 2. The Morgan fingerprint density at radius 2 is 1.96 bits per heavy atom. The van der Waals surface area contributed by atoms with Crippen LogP contribution in [0.1, 0.15) is 44.7 Å². The molecule has 0 fully saturated rings. The highest BCUT2D eigenvalue weighted by Gasteiger charge is 2.24. The maximum Gasteiger partial charge on any atom is 0.328 e. The molecule has 2 amide bonds. The number of rotatable bonds is 7. The van der Waals surface area contributed by atoms with E-state index in [1.807, 2.05) is 32.9 Å². The van der Waals surface area contributed by atoms with Crippen LogP contribution in [0.5, 0.6) is 0 Å². The normalized spacial score (nSPS) is 11.9. The lowest BCUT2D eigenvalue weighted by Crippen LogP contribution is -2.46. The van der Waals surface area contributed by atoms with Crippen molar-refractivity contribution in [1.82, 2.24) is 5.32 Å². The summed E-state index contributed by atoms with van der Waals surface area (Å²) < 4.78 is 4.72. The third-order valence-electron chi connectivity index (χ3n) is 3.77. The first-order valence-corrected chi connectivity index (χ1v) is 8.13. The first-order chi connectivity index (χ1) is 10.9. The van der Waals surface area contributed by atoms with Crippen LogP contribution in [0.4, 0.5) is 10.5 Å². The van der Waals surface area contributed by atoms with Gasteiger partial charge in [0.25, 0.3) is 0 Å². The van der Waals surface area contributed by atoms with Gasteiger partial charge < -0.3 is 15.4 Å². The molecule has 0 saturated heterocycles. The van der Waals surface area contributed by atoms with Gasteiger partial charge in [0.2, 0.25) is 0 Å². The Morgan fingerprint density at radius 1 is 1.26 bits per heavy atom. The van der Waals surface area contributed by atoms with E-state index in [0.29, 0.717) is 0 Å². The number of unbranched alkanes of at least 4 members (excludes halogenated alkanes) is 1. The fraction of sp³-hybridized carbons (Fsp3) is 0.556. The van der Waals surface area contributed by atoms with Gasteiger partial charge in [-0.15, -0.1) is 0 Å². The molecule has 1 rings (SSSR count). The third kappa shape index (κ3) is 5.93. The molecule has 1 unspecified atom stereocenters. The summed E-state index contributed by atoms with van der Waals surface area (Å²) in [5.74, 6) is -0.493. The van der Waals surface area contributed by atoms with Crippen LogP contribution in [0.25, 0.3) is 0 Å². The van der Waals surface area contributed by atoms with Crippen LogP contribution < -0.4 is 10.6 Å². The number of urea groups is 1. The van der Waals surface area contributed by atoms with E-state index in [1.54, 1.807) is 0 Å². The van der Waals surface area contributed by atoms with Crippen LogP contribution in [0.3, 0.4) is 0 Å². The molecule has 0 bridgehead atoms. The molecule has 23 heavy (non-hydrogen) atoms. The smallest absolute Gasteiger partial charge is 0.328 e. The summed E-state index contributed by atoms with van der Waals surface area (Å²) in [5.41, 5.74) is 3.02. The minimum atomic E-state index is -0.663. The lowest BCUT2D eigenvalue weighted by Gasteiger charge is -2.20. The predicted octanol–water partition coefficient (Wildman–Crippen LogP) is 3.66. The molecule has 0 aliphatic heterocycles. The summed E-state index contributed by atoms with van der Waals surface area (Å²) >= 11 is 0. The zero-order valence-corrected chi connectivity index (χ0v) is 14.7. The quantitative estimate of drug-likeness (QED) is 0.753. The third-order valence-corrected chi connectivity index (χ3v) is 3.77. The molecule has 0 spiro atoms. The fourth-order valence-electron chi connectivity index (χ4n) is 2.33. The number of carbonyl (C=O) groups is 2. The topological polar surface area (TPSA) is 67.4 Å². The Balaban J connectivity index is 2.71. The lowest BCUT2D eigenvalue weighted by atomic mass is 10.0. The molecule has 0 radical (unpaired) electrons. The van der Waals surface area contributed by atoms with Crippen LogP contribution >= 0.6 is 0 Å². The minimum absolute atomic E-state index is 0.0503. The molecule has 1 aromatic carbocycles. The second-order valence-corrected chi connectivity index (χ2v) is 6.10. The van der Waals surface area contributed by atoms with Gasteiger partial charge in [-0.05, 0) is 42.9 Å². The Hall–Kier alpha value is -2.04. The predicted molar refractivity (Wildman–Crippen MR) is 92.6 cm³/mol. The Bertz CT molecular complexity index is 541. The molecule has 1 aromatic rings. The van der Waals surface area contributed by atoms with Gasteiger partial charge >= 0.3 is 12.0 Å². The largest absolute Gasteiger partial charge is 0.467 e. The van der Waals surface area contributed by atoms with Crippen LogP contribution in [-0.4, -0.2) is 25.2 Å². The van der Waals surface area contributed by atoms with E-state index in [2.05, 4.69) is 23.6 Å². The van der Waals surface area contributed by atoms with Crippen molar-refractivity contribution < 1.29 is 14.3 Å². The summed E-state index contributed by atoms with van der Waals surface area (Å²) in [7, 11) is 1.32. The van der Waals surface area contributed by atoms with Crippen molar-refractivity contribution in [2.45, 2.75) is 53.0 Å². The second-order valence-electron chi connectivity index (χ2n) is 6.10. The molecular formula is C18H28N2O3. The van der Waals surface area contributed by atoms with E-state index in [9.17, 15) is 9.59 Å². The number of esters is 1. The fourth-order valence-corrected chi connectivity index (χ4v) is 2.33. The van der Waals surface area contributed by atoms with E-state index in [1.165, 1.54) is 12.7 Å². The van der Waals surface area contributed by atoms with Crippen molar-refractivity contribution in [3.63, 3.8) is 0 Å². The van der Waals surface area contributed by atoms with Crippen molar-refractivity contribution in [2.24, 2.45) is 5.92 Å². The Morgan fingerprint density at radius 3 is 2.48 bits per heavy atom. The second kappa shape index (κ2) is 9.18. The number of aryl methyl sites for hydroxylation is 2. The van der Waals surface area contributed by atoms with E-state index >= 15 is 0 Å². The van der Waals surface area contributed by atoms with Crippen molar-refractivity contribution >= 4 is 17.7 Å². The Kier molecular flexibility index (Phi) is 7.59. The first-order valence-electron chi connectivity index (χ1n) is 8.13. The van der Waals surface area contributed by atoms with Gasteiger partial charge in [-0.25, -0.2) is 9.59 Å². The maximum atomic E-state index is 12.1. The first kappa shape index (κ1) is 19.0. The number of ether oxygens (including phenoxy) is 1. The molecule has 5 heteroatoms. The average Bonchev–Trinajstić information content (AvgIpc) is 2.52. The molecule has 1 atom stereocenters. The van der Waals surface area contributed by atoms with E-state index in [0.717, 1.165) is 30.5 Å². The molecule has 0 aliphatic carbocycles. The highest BCUT2D eigenvalue weighted by Crippen LogP contribution is 2.18. The summed E-state index contributed by atoms with van der Waals surface area (Å²) in [6.07, 6.45) is 3.36. The van der Waals surface area contributed by atoms with E-state index in [4.69, 9.17) is 4.74 Å². The van der Waals surface area contributed by atoms with Crippen LogP contribution in [0.15, 0.2) is 18.2 Å². The maximum absolute atomic E-state index is 12.1. The summed E-state index contributed by atoms with van der Waals surface area (Å²) in [5, 5.41) is 5.47.